The molecule has 0 fully saturated rings. The zero-order valence-corrected chi connectivity index (χ0v) is 12.7. The second kappa shape index (κ2) is 7.75. The molecule has 1 aromatic carbocycles. The van der Waals surface area contributed by atoms with E-state index in [9.17, 15) is 27.5 Å². The van der Waals surface area contributed by atoms with Crippen LogP contribution in [0.5, 0.6) is 0 Å². The summed E-state index contributed by atoms with van der Waals surface area (Å²) in [6, 6.07) is -0.0373. The fourth-order valence-corrected chi connectivity index (χ4v) is 1.53. The lowest BCUT2D eigenvalue weighted by atomic mass is 10.1. The maximum atomic E-state index is 13.7. The standard InChI is InChI=1S/C15H15F4NO3/c1-4-23-15(22)9(6-20-7(2)3)14(21)8-5-10(16)12(18)13(19)11(8)17/h5-7,21H,4H2,1-3H3. The predicted octanol–water partition coefficient (Wildman–Crippen LogP) is 3.55. The van der Waals surface area contributed by atoms with Crippen molar-refractivity contribution in [1.29, 1.82) is 0 Å². The maximum absolute atomic E-state index is 13.7. The van der Waals surface area contributed by atoms with Gasteiger partial charge in [0.25, 0.3) is 0 Å². The minimum Gasteiger partial charge on any atom is -0.506 e. The number of hydrogen-bond acceptors (Lipinski definition) is 4. The molecule has 0 bridgehead atoms. The SMILES string of the molecule is CCOC(=O)C(C=NC(C)C)=C(O)c1cc(F)c(F)c(F)c1F. The number of carbonyl (C=O) groups excluding carboxylic acids is 1. The summed E-state index contributed by atoms with van der Waals surface area (Å²) in [5.74, 6) is -9.85. The number of aliphatic hydroxyl groups excluding tert-OH is 1. The summed E-state index contributed by atoms with van der Waals surface area (Å²) < 4.78 is 57.9. The van der Waals surface area contributed by atoms with Crippen molar-refractivity contribution in [2.24, 2.45) is 4.99 Å². The van der Waals surface area contributed by atoms with E-state index in [1.165, 1.54) is 6.92 Å². The van der Waals surface area contributed by atoms with Crippen LogP contribution in [-0.2, 0) is 9.53 Å². The van der Waals surface area contributed by atoms with Crippen molar-refractivity contribution in [2.75, 3.05) is 6.61 Å². The lowest BCUT2D eigenvalue weighted by Gasteiger charge is -2.09. The van der Waals surface area contributed by atoms with Gasteiger partial charge >= 0.3 is 5.97 Å². The minimum atomic E-state index is -2.10. The van der Waals surface area contributed by atoms with E-state index < -0.39 is 46.1 Å². The Morgan fingerprint density at radius 2 is 1.87 bits per heavy atom. The highest BCUT2D eigenvalue weighted by atomic mass is 19.2. The minimum absolute atomic E-state index is 0.0558. The smallest absolute Gasteiger partial charge is 0.343 e. The zero-order chi connectivity index (χ0) is 17.7. The average Bonchev–Trinajstić information content (AvgIpc) is 2.48. The van der Waals surface area contributed by atoms with Crippen LogP contribution >= 0.6 is 0 Å². The van der Waals surface area contributed by atoms with Crippen LogP contribution in [0.4, 0.5) is 17.6 Å². The third kappa shape index (κ3) is 4.30. The molecule has 8 heteroatoms. The summed E-state index contributed by atoms with van der Waals surface area (Å²) in [5.41, 5.74) is -1.62. The number of halogens is 4. The number of aliphatic hydroxyl groups is 1. The molecule has 0 saturated carbocycles. The monoisotopic (exact) mass is 333 g/mol. The molecule has 1 aromatic rings. The van der Waals surface area contributed by atoms with Crippen molar-refractivity contribution >= 4 is 17.9 Å². The summed E-state index contributed by atoms with van der Waals surface area (Å²) in [7, 11) is 0. The first kappa shape index (κ1) is 18.7. The molecule has 4 nitrogen and oxygen atoms in total. The van der Waals surface area contributed by atoms with Crippen molar-refractivity contribution in [3.63, 3.8) is 0 Å². The number of hydrogen-bond donors (Lipinski definition) is 1. The summed E-state index contributed by atoms with van der Waals surface area (Å²) in [5, 5.41) is 10.0. The summed E-state index contributed by atoms with van der Waals surface area (Å²) in [4.78, 5) is 15.6. The Morgan fingerprint density at radius 3 is 2.39 bits per heavy atom. The van der Waals surface area contributed by atoms with E-state index in [0.717, 1.165) is 6.21 Å². The Bertz CT molecular complexity index is 669. The Balaban J connectivity index is 3.55. The van der Waals surface area contributed by atoms with Gasteiger partial charge in [-0.15, -0.1) is 0 Å². The third-order valence-corrected chi connectivity index (χ3v) is 2.61. The average molecular weight is 333 g/mol. The van der Waals surface area contributed by atoms with E-state index in [2.05, 4.69) is 9.73 Å². The lowest BCUT2D eigenvalue weighted by molar-refractivity contribution is -0.137. The third-order valence-electron chi connectivity index (χ3n) is 2.61. The fourth-order valence-electron chi connectivity index (χ4n) is 1.53. The van der Waals surface area contributed by atoms with Crippen molar-refractivity contribution < 1.29 is 32.2 Å². The topological polar surface area (TPSA) is 58.9 Å². The molecule has 0 saturated heterocycles. The van der Waals surface area contributed by atoms with E-state index in [4.69, 9.17) is 0 Å². The lowest BCUT2D eigenvalue weighted by Crippen LogP contribution is -2.13. The van der Waals surface area contributed by atoms with Gasteiger partial charge in [0.2, 0.25) is 0 Å². The number of nitrogens with zero attached hydrogens (tertiary/aromatic N) is 1. The number of ether oxygens (including phenoxy) is 1. The van der Waals surface area contributed by atoms with Crippen LogP contribution in [0, 0.1) is 23.3 Å². The Morgan fingerprint density at radius 1 is 1.26 bits per heavy atom. The summed E-state index contributed by atoms with van der Waals surface area (Å²) in [6.45, 7) is 4.76. The highest BCUT2D eigenvalue weighted by Crippen LogP contribution is 2.25. The van der Waals surface area contributed by atoms with Crippen LogP contribution in [0.15, 0.2) is 16.6 Å². The number of aliphatic imine (C=N–C) groups is 1. The molecule has 0 atom stereocenters. The molecule has 0 aliphatic rings. The molecule has 23 heavy (non-hydrogen) atoms. The first-order chi connectivity index (χ1) is 10.7. The van der Waals surface area contributed by atoms with Crippen LogP contribution in [0.2, 0.25) is 0 Å². The van der Waals surface area contributed by atoms with Gasteiger partial charge in [-0.05, 0) is 26.8 Å². The van der Waals surface area contributed by atoms with Crippen molar-refractivity contribution in [2.45, 2.75) is 26.8 Å². The van der Waals surface area contributed by atoms with Crippen LogP contribution in [0.25, 0.3) is 5.76 Å². The van der Waals surface area contributed by atoms with Gasteiger partial charge in [-0.3, -0.25) is 4.99 Å². The van der Waals surface area contributed by atoms with Gasteiger partial charge in [0.1, 0.15) is 11.3 Å². The Kier molecular flexibility index (Phi) is 6.29. The molecular weight excluding hydrogens is 318 g/mol. The first-order valence-electron chi connectivity index (χ1n) is 6.67. The quantitative estimate of drug-likeness (QED) is 0.170. The van der Waals surface area contributed by atoms with Crippen LogP contribution in [-0.4, -0.2) is 29.9 Å². The fraction of sp³-hybridized carbons (Fsp3) is 0.333. The Hall–Kier alpha value is -2.38. The Labute approximate surface area is 130 Å². The van der Waals surface area contributed by atoms with Gasteiger partial charge in [0.15, 0.2) is 23.3 Å². The molecule has 0 aliphatic heterocycles. The second-order valence-corrected chi connectivity index (χ2v) is 4.70. The van der Waals surface area contributed by atoms with Gasteiger partial charge < -0.3 is 9.84 Å². The van der Waals surface area contributed by atoms with Crippen LogP contribution in [0.3, 0.4) is 0 Å². The highest BCUT2D eigenvalue weighted by Gasteiger charge is 2.25. The molecule has 1 N–H and O–H groups in total. The van der Waals surface area contributed by atoms with Gasteiger partial charge in [-0.1, -0.05) is 0 Å². The molecule has 0 aromatic heterocycles. The van der Waals surface area contributed by atoms with Crippen LogP contribution < -0.4 is 0 Å². The molecule has 0 aliphatic carbocycles. The van der Waals surface area contributed by atoms with Gasteiger partial charge in [-0.2, -0.15) is 0 Å². The van der Waals surface area contributed by atoms with Gasteiger partial charge in [-0.25, -0.2) is 22.4 Å². The number of benzene rings is 1. The molecule has 0 radical (unpaired) electrons. The van der Waals surface area contributed by atoms with E-state index in [1.807, 2.05) is 0 Å². The summed E-state index contributed by atoms with van der Waals surface area (Å²) >= 11 is 0. The largest absolute Gasteiger partial charge is 0.506 e. The van der Waals surface area contributed by atoms with E-state index in [1.54, 1.807) is 13.8 Å². The molecular formula is C15H15F4NO3. The van der Waals surface area contributed by atoms with Crippen LogP contribution in [0.1, 0.15) is 26.3 Å². The summed E-state index contributed by atoms with van der Waals surface area (Å²) in [6.07, 6.45) is 0.899. The van der Waals surface area contributed by atoms with E-state index >= 15 is 0 Å². The second-order valence-electron chi connectivity index (χ2n) is 4.70. The number of rotatable bonds is 5. The molecule has 0 heterocycles. The van der Waals surface area contributed by atoms with Crippen molar-refractivity contribution in [1.82, 2.24) is 0 Å². The molecule has 126 valence electrons. The van der Waals surface area contributed by atoms with E-state index in [0.29, 0.717) is 0 Å². The number of carbonyl (C=O) groups is 1. The molecule has 0 amide bonds. The normalized spacial score (nSPS) is 12.7. The van der Waals surface area contributed by atoms with Crippen molar-refractivity contribution in [3.05, 3.63) is 40.5 Å². The number of esters is 1. The molecule has 0 unspecified atom stereocenters. The first-order valence-corrected chi connectivity index (χ1v) is 6.67. The molecule has 0 spiro atoms. The van der Waals surface area contributed by atoms with E-state index in [-0.39, 0.29) is 18.7 Å². The zero-order valence-electron chi connectivity index (χ0n) is 12.7. The molecule has 1 rings (SSSR count). The predicted molar refractivity (Wildman–Crippen MR) is 76.1 cm³/mol. The van der Waals surface area contributed by atoms with Gasteiger partial charge in [0.05, 0.1) is 12.2 Å². The van der Waals surface area contributed by atoms with Crippen molar-refractivity contribution in [3.8, 4) is 0 Å². The highest BCUT2D eigenvalue weighted by molar-refractivity contribution is 6.15. The maximum Gasteiger partial charge on any atom is 0.343 e. The van der Waals surface area contributed by atoms with Gasteiger partial charge in [0, 0.05) is 12.3 Å².